The van der Waals surface area contributed by atoms with Crippen molar-refractivity contribution in [1.29, 1.82) is 0 Å². The summed E-state index contributed by atoms with van der Waals surface area (Å²) in [5.41, 5.74) is 0.990. The number of ether oxygens (including phenoxy) is 2. The molecule has 0 aromatic heterocycles. The van der Waals surface area contributed by atoms with Gasteiger partial charge in [-0.15, -0.1) is 0 Å². The third kappa shape index (κ3) is 21.5. The molecule has 1 aromatic rings. The van der Waals surface area contributed by atoms with Crippen LogP contribution in [0.25, 0.3) is 0 Å². The van der Waals surface area contributed by atoms with Crippen LogP contribution in [0.4, 0.5) is 0 Å². The molecular formula is C30H54BrO6P. The summed E-state index contributed by atoms with van der Waals surface area (Å²) >= 11 is 3.35. The van der Waals surface area contributed by atoms with E-state index in [1.54, 1.807) is 0 Å². The number of halogens is 1. The standard InChI is InChI=1S/C30H54BrO6P/c1-2-3-4-5-6-7-8-9-10-11-12-13-14-15-16-20-25-35-27-30(29(23-24-31)37-38(32,33)34)36-26-28-21-18-17-19-22-28/h17-19,21-22,29-30H,2-16,20,23-27H2,1H3,(H2,32,33,34). The van der Waals surface area contributed by atoms with E-state index in [2.05, 4.69) is 22.9 Å². The second-order valence-corrected chi connectivity index (χ2v) is 12.3. The van der Waals surface area contributed by atoms with E-state index < -0.39 is 20.0 Å². The molecule has 2 N–H and O–H groups in total. The minimum absolute atomic E-state index is 0.239. The Morgan fingerprint density at radius 1 is 0.763 bits per heavy atom. The van der Waals surface area contributed by atoms with Crippen LogP contribution in [0.15, 0.2) is 30.3 Å². The monoisotopic (exact) mass is 620 g/mol. The molecule has 0 aliphatic carbocycles. The topological polar surface area (TPSA) is 85.2 Å². The first-order valence-electron chi connectivity index (χ1n) is 15.0. The average Bonchev–Trinajstić information content (AvgIpc) is 2.89. The Labute approximate surface area is 241 Å². The van der Waals surface area contributed by atoms with Gasteiger partial charge in [0.1, 0.15) is 6.10 Å². The summed E-state index contributed by atoms with van der Waals surface area (Å²) in [6, 6.07) is 9.72. The van der Waals surface area contributed by atoms with Gasteiger partial charge in [0.25, 0.3) is 0 Å². The average molecular weight is 622 g/mol. The normalized spacial score (nSPS) is 13.6. The van der Waals surface area contributed by atoms with E-state index >= 15 is 0 Å². The predicted molar refractivity (Wildman–Crippen MR) is 161 cm³/mol. The Balaban J connectivity index is 2.14. The quantitative estimate of drug-likeness (QED) is 0.0579. The molecule has 1 rings (SSSR count). The van der Waals surface area contributed by atoms with Crippen molar-refractivity contribution < 1.29 is 28.3 Å². The van der Waals surface area contributed by atoms with E-state index in [4.69, 9.17) is 14.0 Å². The molecule has 38 heavy (non-hydrogen) atoms. The lowest BCUT2D eigenvalue weighted by atomic mass is 10.0. The fourth-order valence-electron chi connectivity index (χ4n) is 4.58. The number of rotatable bonds is 27. The maximum Gasteiger partial charge on any atom is 0.469 e. The second-order valence-electron chi connectivity index (χ2n) is 10.3. The van der Waals surface area contributed by atoms with E-state index in [9.17, 15) is 14.4 Å². The summed E-state index contributed by atoms with van der Waals surface area (Å²) in [6.07, 6.45) is 20.3. The van der Waals surface area contributed by atoms with Gasteiger partial charge in [-0.05, 0) is 18.4 Å². The van der Waals surface area contributed by atoms with Crippen LogP contribution in [0.2, 0.25) is 0 Å². The van der Waals surface area contributed by atoms with Crippen LogP contribution >= 0.6 is 23.8 Å². The van der Waals surface area contributed by atoms with Crippen molar-refractivity contribution >= 4 is 23.8 Å². The maximum atomic E-state index is 11.5. The third-order valence-corrected chi connectivity index (χ3v) is 7.82. The zero-order chi connectivity index (χ0) is 27.7. The van der Waals surface area contributed by atoms with Crippen LogP contribution in [0.3, 0.4) is 0 Å². The summed E-state index contributed by atoms with van der Waals surface area (Å²) in [7, 11) is -4.64. The number of phosphoric ester groups is 1. The summed E-state index contributed by atoms with van der Waals surface area (Å²) in [6.45, 7) is 3.45. The molecule has 0 bridgehead atoms. The second kappa shape index (κ2) is 24.5. The molecule has 1 aromatic carbocycles. The van der Waals surface area contributed by atoms with Gasteiger partial charge in [-0.3, -0.25) is 4.52 Å². The number of phosphoric acid groups is 1. The zero-order valence-electron chi connectivity index (χ0n) is 23.7. The Hall–Kier alpha value is -0.270. The predicted octanol–water partition coefficient (Wildman–Crippen LogP) is 9.11. The van der Waals surface area contributed by atoms with Crippen LogP contribution < -0.4 is 0 Å². The van der Waals surface area contributed by atoms with E-state index in [1.165, 1.54) is 89.9 Å². The minimum Gasteiger partial charge on any atom is -0.379 e. The van der Waals surface area contributed by atoms with Crippen molar-refractivity contribution in [3.8, 4) is 0 Å². The van der Waals surface area contributed by atoms with Crippen molar-refractivity contribution in [1.82, 2.24) is 0 Å². The van der Waals surface area contributed by atoms with Gasteiger partial charge in [0.05, 0.1) is 19.3 Å². The molecule has 0 aliphatic rings. The number of unbranched alkanes of at least 4 members (excludes halogenated alkanes) is 15. The van der Waals surface area contributed by atoms with Gasteiger partial charge in [-0.2, -0.15) is 0 Å². The lowest BCUT2D eigenvalue weighted by molar-refractivity contribution is -0.0842. The van der Waals surface area contributed by atoms with E-state index in [0.717, 1.165) is 18.4 Å². The largest absolute Gasteiger partial charge is 0.469 e. The van der Waals surface area contributed by atoms with Crippen LogP contribution in [0.1, 0.15) is 122 Å². The van der Waals surface area contributed by atoms with Crippen molar-refractivity contribution in [2.75, 3.05) is 18.5 Å². The molecule has 0 amide bonds. The molecule has 2 unspecified atom stereocenters. The van der Waals surface area contributed by atoms with Crippen molar-refractivity contribution in [2.24, 2.45) is 0 Å². The molecule has 6 nitrogen and oxygen atoms in total. The molecule has 2 atom stereocenters. The SMILES string of the molecule is CCCCCCCCCCCCCCCCCCOCC(OCc1ccccc1)C(CCBr)OP(=O)(O)O. The Bertz CT molecular complexity index is 687. The smallest absolute Gasteiger partial charge is 0.379 e. The summed E-state index contributed by atoms with van der Waals surface area (Å²) in [4.78, 5) is 18.7. The Morgan fingerprint density at radius 3 is 1.74 bits per heavy atom. The van der Waals surface area contributed by atoms with Crippen LogP contribution in [0.5, 0.6) is 0 Å². The molecular weight excluding hydrogens is 567 g/mol. The molecule has 0 saturated carbocycles. The highest BCUT2D eigenvalue weighted by Gasteiger charge is 2.30. The van der Waals surface area contributed by atoms with Crippen molar-refractivity contribution in [2.45, 2.75) is 135 Å². The Morgan fingerprint density at radius 2 is 1.26 bits per heavy atom. The van der Waals surface area contributed by atoms with Gasteiger partial charge >= 0.3 is 7.82 Å². The fourth-order valence-corrected chi connectivity index (χ4v) is 5.63. The van der Waals surface area contributed by atoms with Gasteiger partial charge in [0, 0.05) is 11.9 Å². The lowest BCUT2D eigenvalue weighted by Gasteiger charge is -2.27. The first kappa shape index (κ1) is 35.8. The van der Waals surface area contributed by atoms with Gasteiger partial charge in [0.2, 0.25) is 0 Å². The molecule has 8 heteroatoms. The first-order chi connectivity index (χ1) is 18.5. The number of benzene rings is 1. The van der Waals surface area contributed by atoms with E-state index in [1.807, 2.05) is 30.3 Å². The van der Waals surface area contributed by atoms with Gasteiger partial charge < -0.3 is 19.3 Å². The van der Waals surface area contributed by atoms with E-state index in [-0.39, 0.29) is 6.61 Å². The van der Waals surface area contributed by atoms with Crippen molar-refractivity contribution in [3.05, 3.63) is 35.9 Å². The van der Waals surface area contributed by atoms with Crippen molar-refractivity contribution in [3.63, 3.8) is 0 Å². The molecule has 0 radical (unpaired) electrons. The molecule has 222 valence electrons. The lowest BCUT2D eigenvalue weighted by Crippen LogP contribution is -2.35. The van der Waals surface area contributed by atoms with Gasteiger partial charge in [0.15, 0.2) is 0 Å². The maximum absolute atomic E-state index is 11.5. The third-order valence-electron chi connectivity index (χ3n) is 6.81. The molecule has 0 aliphatic heterocycles. The number of alkyl halides is 1. The van der Waals surface area contributed by atoms with E-state index in [0.29, 0.717) is 25.0 Å². The number of hydrogen-bond acceptors (Lipinski definition) is 4. The minimum atomic E-state index is -4.64. The van der Waals surface area contributed by atoms with Crippen LogP contribution in [-0.2, 0) is 25.2 Å². The zero-order valence-corrected chi connectivity index (χ0v) is 26.2. The van der Waals surface area contributed by atoms with Gasteiger partial charge in [-0.25, -0.2) is 4.57 Å². The molecule has 0 spiro atoms. The highest BCUT2D eigenvalue weighted by atomic mass is 79.9. The van der Waals surface area contributed by atoms with Gasteiger partial charge in [-0.1, -0.05) is 149 Å². The summed E-state index contributed by atoms with van der Waals surface area (Å²) in [5.74, 6) is 0. The summed E-state index contributed by atoms with van der Waals surface area (Å²) in [5, 5.41) is 0.544. The highest BCUT2D eigenvalue weighted by molar-refractivity contribution is 9.09. The number of hydrogen-bond donors (Lipinski definition) is 2. The molecule has 0 heterocycles. The summed E-state index contributed by atoms with van der Waals surface area (Å²) < 4.78 is 28.4. The fraction of sp³-hybridized carbons (Fsp3) is 0.800. The van der Waals surface area contributed by atoms with Crippen LogP contribution in [-0.4, -0.2) is 40.5 Å². The Kier molecular flexibility index (Phi) is 23.1. The highest BCUT2D eigenvalue weighted by Crippen LogP contribution is 2.39. The molecule has 0 fully saturated rings. The molecule has 0 saturated heterocycles. The first-order valence-corrected chi connectivity index (χ1v) is 17.6. The van der Waals surface area contributed by atoms with Crippen LogP contribution in [0, 0.1) is 0 Å².